The zero-order chi connectivity index (χ0) is 19.9. The molecule has 0 radical (unpaired) electrons. The summed E-state index contributed by atoms with van der Waals surface area (Å²) in [4.78, 5) is 7.29. The van der Waals surface area contributed by atoms with Crippen LogP contribution in [0.2, 0.25) is 0 Å². The minimum atomic E-state index is 0.661. The van der Waals surface area contributed by atoms with E-state index in [1.54, 1.807) is 7.11 Å². The van der Waals surface area contributed by atoms with Crippen molar-refractivity contribution in [3.05, 3.63) is 47.3 Å². The van der Waals surface area contributed by atoms with Gasteiger partial charge in [-0.05, 0) is 61.8 Å². The molecule has 3 rings (SSSR count). The fraction of sp³-hybridized carbons (Fsp3) is 0.545. The maximum Gasteiger partial charge on any atom is 0.193 e. The van der Waals surface area contributed by atoms with Gasteiger partial charge in [-0.1, -0.05) is 12.1 Å². The van der Waals surface area contributed by atoms with Crippen LogP contribution in [0.5, 0.6) is 5.75 Å². The molecule has 2 aromatic rings. The number of aryl methyl sites for hydroxylation is 2. The van der Waals surface area contributed by atoms with Crippen molar-refractivity contribution in [2.24, 2.45) is 18.0 Å². The predicted octanol–water partition coefficient (Wildman–Crippen LogP) is 2.81. The maximum atomic E-state index is 5.43. The lowest BCUT2D eigenvalue weighted by Crippen LogP contribution is -2.40. The number of nitrogens with one attached hydrogen (secondary N) is 1. The van der Waals surface area contributed by atoms with E-state index in [2.05, 4.69) is 53.6 Å². The summed E-state index contributed by atoms with van der Waals surface area (Å²) in [7, 11) is 3.70. The summed E-state index contributed by atoms with van der Waals surface area (Å²) in [6.07, 6.45) is 7.31. The molecule has 0 spiro atoms. The lowest BCUT2D eigenvalue weighted by Gasteiger charge is -2.21. The van der Waals surface area contributed by atoms with Crippen LogP contribution in [0.3, 0.4) is 0 Å². The zero-order valence-electron chi connectivity index (χ0n) is 17.6. The van der Waals surface area contributed by atoms with Crippen molar-refractivity contribution >= 4 is 5.96 Å². The second-order valence-electron chi connectivity index (χ2n) is 7.62. The van der Waals surface area contributed by atoms with Gasteiger partial charge < -0.3 is 15.0 Å². The van der Waals surface area contributed by atoms with Gasteiger partial charge in [-0.3, -0.25) is 9.67 Å². The number of rotatable bonds is 7. The number of nitrogens with zero attached hydrogens (tertiary/aromatic N) is 4. The van der Waals surface area contributed by atoms with Crippen molar-refractivity contribution in [1.29, 1.82) is 0 Å². The monoisotopic (exact) mass is 383 g/mol. The highest BCUT2D eigenvalue weighted by Gasteiger charge is 2.25. The molecule has 1 fully saturated rings. The van der Waals surface area contributed by atoms with Crippen LogP contribution in [0.1, 0.15) is 30.0 Å². The highest BCUT2D eigenvalue weighted by Crippen LogP contribution is 2.21. The van der Waals surface area contributed by atoms with Gasteiger partial charge in [0, 0.05) is 39.4 Å². The van der Waals surface area contributed by atoms with Crippen LogP contribution in [-0.2, 0) is 19.9 Å². The Kier molecular flexibility index (Phi) is 6.95. The Morgan fingerprint density at radius 2 is 2.21 bits per heavy atom. The Balaban J connectivity index is 1.56. The number of likely N-dealkylation sites (tertiary alicyclic amines) is 1. The molecule has 1 N–H and O–H groups in total. The third-order valence-corrected chi connectivity index (χ3v) is 5.34. The summed E-state index contributed by atoms with van der Waals surface area (Å²) in [5, 5.41) is 7.75. The van der Waals surface area contributed by atoms with Crippen molar-refractivity contribution in [1.82, 2.24) is 20.0 Å². The van der Waals surface area contributed by atoms with Crippen molar-refractivity contribution in [2.75, 3.05) is 33.3 Å². The smallest absolute Gasteiger partial charge is 0.193 e. The quantitative estimate of drug-likeness (QED) is 0.590. The molecule has 6 heteroatoms. The number of guanidine groups is 1. The van der Waals surface area contributed by atoms with E-state index >= 15 is 0 Å². The van der Waals surface area contributed by atoms with Crippen LogP contribution < -0.4 is 10.1 Å². The molecular formula is C22H33N5O. The first-order valence-electron chi connectivity index (χ1n) is 10.2. The number of aromatic nitrogens is 2. The second-order valence-corrected chi connectivity index (χ2v) is 7.62. The molecule has 1 aromatic carbocycles. The molecule has 1 aromatic heterocycles. The summed E-state index contributed by atoms with van der Waals surface area (Å²) >= 11 is 0. The molecule has 2 heterocycles. The van der Waals surface area contributed by atoms with E-state index in [0.717, 1.165) is 50.7 Å². The van der Waals surface area contributed by atoms with Crippen molar-refractivity contribution in [2.45, 2.75) is 33.1 Å². The summed E-state index contributed by atoms with van der Waals surface area (Å²) in [5.41, 5.74) is 3.75. The van der Waals surface area contributed by atoms with E-state index in [1.165, 1.54) is 23.1 Å². The number of ether oxygens (including phenoxy) is 1. The van der Waals surface area contributed by atoms with Crippen molar-refractivity contribution < 1.29 is 4.74 Å². The lowest BCUT2D eigenvalue weighted by atomic mass is 10.0. The van der Waals surface area contributed by atoms with Crippen LogP contribution in [-0.4, -0.2) is 53.9 Å². The summed E-state index contributed by atoms with van der Waals surface area (Å²) in [6.45, 7) is 7.98. The van der Waals surface area contributed by atoms with Gasteiger partial charge in [-0.2, -0.15) is 5.10 Å². The molecule has 0 saturated carbocycles. The highest BCUT2D eigenvalue weighted by atomic mass is 16.5. The van der Waals surface area contributed by atoms with Gasteiger partial charge in [-0.25, -0.2) is 0 Å². The van der Waals surface area contributed by atoms with E-state index < -0.39 is 0 Å². The predicted molar refractivity (Wildman–Crippen MR) is 114 cm³/mol. The Morgan fingerprint density at radius 3 is 2.93 bits per heavy atom. The van der Waals surface area contributed by atoms with Gasteiger partial charge in [0.05, 0.1) is 13.3 Å². The normalized spacial score (nSPS) is 17.2. The van der Waals surface area contributed by atoms with Crippen molar-refractivity contribution in [3.8, 4) is 5.75 Å². The molecule has 1 aliphatic heterocycles. The zero-order valence-corrected chi connectivity index (χ0v) is 17.6. The van der Waals surface area contributed by atoms with E-state index in [-0.39, 0.29) is 0 Å². The number of methoxy groups -OCH3 is 1. The van der Waals surface area contributed by atoms with E-state index in [0.29, 0.717) is 5.92 Å². The van der Waals surface area contributed by atoms with Gasteiger partial charge in [-0.15, -0.1) is 0 Å². The first-order valence-corrected chi connectivity index (χ1v) is 10.2. The Bertz CT molecular complexity index is 798. The molecule has 6 nitrogen and oxygen atoms in total. The summed E-state index contributed by atoms with van der Waals surface area (Å²) < 4.78 is 7.32. The fourth-order valence-corrected chi connectivity index (χ4v) is 3.84. The third-order valence-electron chi connectivity index (χ3n) is 5.34. The molecule has 1 atom stereocenters. The Morgan fingerprint density at radius 1 is 1.36 bits per heavy atom. The molecular weight excluding hydrogens is 350 g/mol. The molecule has 0 aliphatic carbocycles. The summed E-state index contributed by atoms with van der Waals surface area (Å²) in [6, 6.07) is 6.41. The third kappa shape index (κ3) is 5.27. The Hall–Kier alpha value is -2.50. The molecule has 1 saturated heterocycles. The van der Waals surface area contributed by atoms with Crippen LogP contribution >= 0.6 is 0 Å². The first-order chi connectivity index (χ1) is 13.6. The van der Waals surface area contributed by atoms with Crippen LogP contribution in [0, 0.1) is 12.8 Å². The van der Waals surface area contributed by atoms with E-state index in [1.807, 2.05) is 17.9 Å². The second kappa shape index (κ2) is 9.62. The van der Waals surface area contributed by atoms with E-state index in [9.17, 15) is 0 Å². The molecule has 28 heavy (non-hydrogen) atoms. The highest BCUT2D eigenvalue weighted by molar-refractivity contribution is 5.80. The Labute approximate surface area is 168 Å². The van der Waals surface area contributed by atoms with Gasteiger partial charge in [0.2, 0.25) is 0 Å². The van der Waals surface area contributed by atoms with Crippen LogP contribution in [0.25, 0.3) is 0 Å². The van der Waals surface area contributed by atoms with E-state index in [4.69, 9.17) is 9.73 Å². The minimum Gasteiger partial charge on any atom is -0.496 e. The summed E-state index contributed by atoms with van der Waals surface area (Å²) in [5.74, 6) is 2.65. The number of aliphatic imine (C=N–C) groups is 1. The molecule has 0 bridgehead atoms. The standard InChI is InChI=1S/C22H33N5O/c1-5-23-22(24-10-8-18-7-6-17(2)21(13-18)28-4)27-11-9-19(16-27)12-20-14-25-26(3)15-20/h6-7,13-15,19H,5,8-12,16H2,1-4H3,(H,23,24). The SMILES string of the molecule is CCNC(=NCCc1ccc(C)c(OC)c1)N1CCC(Cc2cnn(C)c2)C1. The molecule has 1 unspecified atom stereocenters. The number of hydrogen-bond acceptors (Lipinski definition) is 3. The fourth-order valence-electron chi connectivity index (χ4n) is 3.84. The molecule has 0 amide bonds. The number of benzene rings is 1. The average molecular weight is 384 g/mol. The van der Waals surface area contributed by atoms with Crippen LogP contribution in [0.15, 0.2) is 35.6 Å². The van der Waals surface area contributed by atoms with Gasteiger partial charge >= 0.3 is 0 Å². The number of hydrogen-bond donors (Lipinski definition) is 1. The minimum absolute atomic E-state index is 0.661. The average Bonchev–Trinajstić information content (AvgIpc) is 3.31. The maximum absolute atomic E-state index is 5.43. The van der Waals surface area contributed by atoms with Gasteiger partial charge in [0.1, 0.15) is 5.75 Å². The first kappa shape index (κ1) is 20.2. The van der Waals surface area contributed by atoms with Gasteiger partial charge in [0.25, 0.3) is 0 Å². The van der Waals surface area contributed by atoms with Crippen LogP contribution in [0.4, 0.5) is 0 Å². The largest absolute Gasteiger partial charge is 0.496 e. The lowest BCUT2D eigenvalue weighted by molar-refractivity contribution is 0.411. The topological polar surface area (TPSA) is 54.7 Å². The van der Waals surface area contributed by atoms with Gasteiger partial charge in [0.15, 0.2) is 5.96 Å². The molecule has 1 aliphatic rings. The van der Waals surface area contributed by atoms with Crippen molar-refractivity contribution in [3.63, 3.8) is 0 Å². The molecule has 152 valence electrons.